The van der Waals surface area contributed by atoms with E-state index in [4.69, 9.17) is 9.47 Å². The Morgan fingerprint density at radius 2 is 1.94 bits per heavy atom. The van der Waals surface area contributed by atoms with E-state index in [1.807, 2.05) is 45.0 Å². The van der Waals surface area contributed by atoms with Gasteiger partial charge in [0.2, 0.25) is 0 Å². The highest BCUT2D eigenvalue weighted by Crippen LogP contribution is 2.29. The van der Waals surface area contributed by atoms with E-state index < -0.39 is 0 Å². The SMILES string of the molecule is C/C=C/CNc1cc(OCC)ccc1OCC. The second-order valence-corrected chi connectivity index (χ2v) is 3.47. The van der Waals surface area contributed by atoms with Gasteiger partial charge in [0.15, 0.2) is 0 Å². The molecule has 1 N–H and O–H groups in total. The van der Waals surface area contributed by atoms with E-state index in [9.17, 15) is 0 Å². The van der Waals surface area contributed by atoms with Crippen LogP contribution >= 0.6 is 0 Å². The smallest absolute Gasteiger partial charge is 0.142 e. The van der Waals surface area contributed by atoms with Gasteiger partial charge in [-0.3, -0.25) is 0 Å². The zero-order chi connectivity index (χ0) is 12.5. The van der Waals surface area contributed by atoms with E-state index >= 15 is 0 Å². The molecule has 0 unspecified atom stereocenters. The minimum atomic E-state index is 0.659. The molecular formula is C14H21NO2. The van der Waals surface area contributed by atoms with Crippen molar-refractivity contribution in [2.75, 3.05) is 25.1 Å². The zero-order valence-electron chi connectivity index (χ0n) is 10.8. The van der Waals surface area contributed by atoms with Gasteiger partial charge in [-0.05, 0) is 32.9 Å². The Hall–Kier alpha value is -1.64. The fourth-order valence-electron chi connectivity index (χ4n) is 1.47. The third-order valence-corrected chi connectivity index (χ3v) is 2.21. The van der Waals surface area contributed by atoms with Crippen molar-refractivity contribution < 1.29 is 9.47 Å². The molecule has 0 aromatic heterocycles. The van der Waals surface area contributed by atoms with E-state index in [2.05, 4.69) is 11.4 Å². The Morgan fingerprint density at radius 3 is 2.59 bits per heavy atom. The summed E-state index contributed by atoms with van der Waals surface area (Å²) in [6.45, 7) is 8.07. The molecule has 0 heterocycles. The Balaban J connectivity index is 2.81. The molecule has 0 aliphatic rings. The van der Waals surface area contributed by atoms with Crippen molar-refractivity contribution in [3.8, 4) is 11.5 Å². The lowest BCUT2D eigenvalue weighted by molar-refractivity contribution is 0.332. The van der Waals surface area contributed by atoms with Gasteiger partial charge in [0.05, 0.1) is 18.9 Å². The van der Waals surface area contributed by atoms with Crippen LogP contribution < -0.4 is 14.8 Å². The molecule has 0 saturated carbocycles. The molecule has 0 spiro atoms. The molecular weight excluding hydrogens is 214 g/mol. The van der Waals surface area contributed by atoms with Crippen molar-refractivity contribution in [2.45, 2.75) is 20.8 Å². The van der Waals surface area contributed by atoms with Gasteiger partial charge >= 0.3 is 0 Å². The number of hydrogen-bond donors (Lipinski definition) is 1. The zero-order valence-corrected chi connectivity index (χ0v) is 10.8. The molecule has 0 aliphatic heterocycles. The molecule has 3 heteroatoms. The van der Waals surface area contributed by atoms with Gasteiger partial charge in [0.1, 0.15) is 11.5 Å². The van der Waals surface area contributed by atoms with Crippen LogP contribution in [-0.4, -0.2) is 19.8 Å². The number of rotatable bonds is 7. The number of nitrogens with one attached hydrogen (secondary N) is 1. The van der Waals surface area contributed by atoms with Crippen molar-refractivity contribution in [2.24, 2.45) is 0 Å². The first-order chi connectivity index (χ1) is 8.31. The fourth-order valence-corrected chi connectivity index (χ4v) is 1.47. The summed E-state index contributed by atoms with van der Waals surface area (Å²) >= 11 is 0. The first-order valence-corrected chi connectivity index (χ1v) is 6.06. The quantitative estimate of drug-likeness (QED) is 0.734. The second kappa shape index (κ2) is 7.60. The molecule has 0 atom stereocenters. The molecule has 1 aromatic rings. The monoisotopic (exact) mass is 235 g/mol. The fraction of sp³-hybridized carbons (Fsp3) is 0.429. The lowest BCUT2D eigenvalue weighted by Crippen LogP contribution is -2.03. The van der Waals surface area contributed by atoms with Crippen LogP contribution in [0.5, 0.6) is 11.5 Å². The average molecular weight is 235 g/mol. The molecule has 0 radical (unpaired) electrons. The summed E-state index contributed by atoms with van der Waals surface area (Å²) in [6.07, 6.45) is 4.07. The van der Waals surface area contributed by atoms with Gasteiger partial charge < -0.3 is 14.8 Å². The first-order valence-electron chi connectivity index (χ1n) is 6.06. The predicted molar refractivity (Wildman–Crippen MR) is 72.1 cm³/mol. The standard InChI is InChI=1S/C14H21NO2/c1-4-7-10-15-13-11-12(16-5-2)8-9-14(13)17-6-3/h4,7-9,11,15H,5-6,10H2,1-3H3/b7-4+. The molecule has 17 heavy (non-hydrogen) atoms. The van der Waals surface area contributed by atoms with Crippen molar-refractivity contribution in [1.29, 1.82) is 0 Å². The lowest BCUT2D eigenvalue weighted by Gasteiger charge is -2.13. The molecule has 3 nitrogen and oxygen atoms in total. The van der Waals surface area contributed by atoms with E-state index in [-0.39, 0.29) is 0 Å². The number of allylic oxidation sites excluding steroid dienone is 1. The summed E-state index contributed by atoms with van der Waals surface area (Å²) in [5.41, 5.74) is 0.968. The van der Waals surface area contributed by atoms with Crippen LogP contribution in [0, 0.1) is 0 Å². The molecule has 0 saturated heterocycles. The van der Waals surface area contributed by atoms with E-state index in [1.165, 1.54) is 0 Å². The van der Waals surface area contributed by atoms with Crippen LogP contribution in [0.25, 0.3) is 0 Å². The van der Waals surface area contributed by atoms with Gasteiger partial charge in [-0.1, -0.05) is 12.2 Å². The summed E-state index contributed by atoms with van der Waals surface area (Å²) in [5, 5.41) is 3.31. The summed E-state index contributed by atoms with van der Waals surface area (Å²) in [7, 11) is 0. The minimum Gasteiger partial charge on any atom is -0.494 e. The molecule has 0 fully saturated rings. The highest BCUT2D eigenvalue weighted by molar-refractivity contribution is 5.60. The lowest BCUT2D eigenvalue weighted by atomic mass is 10.2. The van der Waals surface area contributed by atoms with Crippen LogP contribution in [0.15, 0.2) is 30.4 Å². The summed E-state index contributed by atoms with van der Waals surface area (Å²) in [4.78, 5) is 0. The molecule has 94 valence electrons. The maximum absolute atomic E-state index is 5.56. The van der Waals surface area contributed by atoms with Crippen LogP contribution in [-0.2, 0) is 0 Å². The molecule has 1 rings (SSSR count). The number of hydrogen-bond acceptors (Lipinski definition) is 3. The van der Waals surface area contributed by atoms with Crippen molar-refractivity contribution in [1.82, 2.24) is 0 Å². The van der Waals surface area contributed by atoms with Crippen LogP contribution in [0.1, 0.15) is 20.8 Å². The number of benzene rings is 1. The second-order valence-electron chi connectivity index (χ2n) is 3.47. The van der Waals surface area contributed by atoms with Gasteiger partial charge in [-0.2, -0.15) is 0 Å². The maximum atomic E-state index is 5.56. The summed E-state index contributed by atoms with van der Waals surface area (Å²) in [6, 6.07) is 5.83. The normalized spacial score (nSPS) is 10.5. The van der Waals surface area contributed by atoms with Gasteiger partial charge in [0, 0.05) is 12.6 Å². The van der Waals surface area contributed by atoms with E-state index in [0.717, 1.165) is 23.7 Å². The largest absolute Gasteiger partial charge is 0.494 e. The van der Waals surface area contributed by atoms with Gasteiger partial charge in [-0.15, -0.1) is 0 Å². The van der Waals surface area contributed by atoms with E-state index in [0.29, 0.717) is 13.2 Å². The third-order valence-electron chi connectivity index (χ3n) is 2.21. The Bertz CT molecular complexity index is 361. The van der Waals surface area contributed by atoms with Crippen molar-refractivity contribution in [3.63, 3.8) is 0 Å². The first kappa shape index (κ1) is 13.4. The van der Waals surface area contributed by atoms with Gasteiger partial charge in [0.25, 0.3) is 0 Å². The summed E-state index contributed by atoms with van der Waals surface area (Å²) in [5.74, 6) is 1.72. The molecule has 1 aromatic carbocycles. The topological polar surface area (TPSA) is 30.5 Å². The third kappa shape index (κ3) is 4.39. The Kier molecular flexibility index (Phi) is 6.00. The van der Waals surface area contributed by atoms with Crippen LogP contribution in [0.2, 0.25) is 0 Å². The highest BCUT2D eigenvalue weighted by Gasteiger charge is 2.04. The van der Waals surface area contributed by atoms with Crippen molar-refractivity contribution >= 4 is 5.69 Å². The molecule has 0 bridgehead atoms. The number of ether oxygens (including phenoxy) is 2. The number of anilines is 1. The average Bonchev–Trinajstić information content (AvgIpc) is 2.33. The van der Waals surface area contributed by atoms with Gasteiger partial charge in [-0.25, -0.2) is 0 Å². The van der Waals surface area contributed by atoms with Crippen molar-refractivity contribution in [3.05, 3.63) is 30.4 Å². The molecule has 0 aliphatic carbocycles. The predicted octanol–water partition coefficient (Wildman–Crippen LogP) is 3.47. The van der Waals surface area contributed by atoms with Crippen LogP contribution in [0.4, 0.5) is 5.69 Å². The van der Waals surface area contributed by atoms with E-state index in [1.54, 1.807) is 0 Å². The minimum absolute atomic E-state index is 0.659. The summed E-state index contributed by atoms with van der Waals surface area (Å²) < 4.78 is 11.0. The Morgan fingerprint density at radius 1 is 1.18 bits per heavy atom. The van der Waals surface area contributed by atoms with Crippen LogP contribution in [0.3, 0.4) is 0 Å². The Labute approximate surface area is 103 Å². The maximum Gasteiger partial charge on any atom is 0.142 e. The highest BCUT2D eigenvalue weighted by atomic mass is 16.5. The molecule has 0 amide bonds.